The molecular formula is C24H46O5. The summed E-state index contributed by atoms with van der Waals surface area (Å²) in [5, 5.41) is 28.8. The van der Waals surface area contributed by atoms with Crippen molar-refractivity contribution in [2.45, 2.75) is 121 Å². The zero-order valence-electron chi connectivity index (χ0n) is 18.6. The van der Waals surface area contributed by atoms with Gasteiger partial charge in [0.25, 0.3) is 0 Å². The molecule has 0 saturated carbocycles. The Kier molecular flexibility index (Phi) is 16.8. The van der Waals surface area contributed by atoms with Crippen LogP contribution in [-0.2, 0) is 9.47 Å². The summed E-state index contributed by atoms with van der Waals surface area (Å²) < 4.78 is 11.0. The maximum Gasteiger partial charge on any atom is 0.114 e. The van der Waals surface area contributed by atoms with Gasteiger partial charge in [-0.2, -0.15) is 0 Å². The lowest BCUT2D eigenvalue weighted by Gasteiger charge is -2.24. The Morgan fingerprint density at radius 3 is 1.93 bits per heavy atom. The summed E-state index contributed by atoms with van der Waals surface area (Å²) >= 11 is 0. The Balaban J connectivity index is 1.86. The standard InChI is InChI=1S/C24H46O5/c1-2-3-4-5-6-7-8-9-10-11-12-13-14-15-16-17-18-28-22(19-25)24-23(27)21(26)20-29-24/h10-11,21-27H,2-9,12-20H2,1H3/b11-10+/t21-,22+,23-,24-/m0/s1. The van der Waals surface area contributed by atoms with Crippen molar-refractivity contribution < 1.29 is 24.8 Å². The van der Waals surface area contributed by atoms with Crippen molar-refractivity contribution in [1.29, 1.82) is 0 Å². The Morgan fingerprint density at radius 2 is 1.41 bits per heavy atom. The summed E-state index contributed by atoms with van der Waals surface area (Å²) in [6.07, 6.45) is 19.4. The molecule has 3 N–H and O–H groups in total. The predicted molar refractivity (Wildman–Crippen MR) is 118 cm³/mol. The van der Waals surface area contributed by atoms with Crippen LogP contribution < -0.4 is 0 Å². The first-order valence-corrected chi connectivity index (χ1v) is 12.1. The number of hydrogen-bond donors (Lipinski definition) is 3. The first kappa shape index (κ1) is 26.6. The van der Waals surface area contributed by atoms with E-state index in [-0.39, 0.29) is 13.2 Å². The summed E-state index contributed by atoms with van der Waals surface area (Å²) in [5.74, 6) is 0. The van der Waals surface area contributed by atoms with Gasteiger partial charge in [-0.3, -0.25) is 0 Å². The molecule has 172 valence electrons. The molecule has 1 fully saturated rings. The minimum atomic E-state index is -0.981. The maximum absolute atomic E-state index is 9.83. The van der Waals surface area contributed by atoms with Crippen LogP contribution in [0.5, 0.6) is 0 Å². The number of ether oxygens (including phenoxy) is 2. The lowest BCUT2D eigenvalue weighted by atomic mass is 10.1. The molecule has 4 atom stereocenters. The average molecular weight is 415 g/mol. The van der Waals surface area contributed by atoms with Gasteiger partial charge < -0.3 is 24.8 Å². The summed E-state index contributed by atoms with van der Waals surface area (Å²) in [4.78, 5) is 0. The number of allylic oxidation sites excluding steroid dienone is 2. The van der Waals surface area contributed by atoms with Crippen molar-refractivity contribution in [3.63, 3.8) is 0 Å². The molecule has 0 spiro atoms. The SMILES string of the molecule is CCCCCCCCC/C=C/CCCCCCCO[C@H](CO)[C@@H]1OC[C@H](O)[C@@H]1O. The molecule has 29 heavy (non-hydrogen) atoms. The van der Waals surface area contributed by atoms with Gasteiger partial charge in [0.2, 0.25) is 0 Å². The fourth-order valence-electron chi connectivity index (χ4n) is 3.79. The van der Waals surface area contributed by atoms with Crippen molar-refractivity contribution in [2.75, 3.05) is 19.8 Å². The van der Waals surface area contributed by atoms with Gasteiger partial charge in [-0.1, -0.05) is 76.9 Å². The molecular weight excluding hydrogens is 368 g/mol. The van der Waals surface area contributed by atoms with Crippen LogP contribution >= 0.6 is 0 Å². The van der Waals surface area contributed by atoms with Gasteiger partial charge in [-0.15, -0.1) is 0 Å². The van der Waals surface area contributed by atoms with Crippen LogP contribution in [0.1, 0.15) is 96.8 Å². The highest BCUT2D eigenvalue weighted by Crippen LogP contribution is 2.20. The topological polar surface area (TPSA) is 79.2 Å². The zero-order valence-corrected chi connectivity index (χ0v) is 18.6. The van der Waals surface area contributed by atoms with E-state index in [1.54, 1.807) is 0 Å². The number of rotatable bonds is 19. The molecule has 0 aromatic heterocycles. The molecule has 0 aromatic carbocycles. The van der Waals surface area contributed by atoms with E-state index < -0.39 is 24.4 Å². The van der Waals surface area contributed by atoms with Gasteiger partial charge in [0.1, 0.15) is 24.4 Å². The van der Waals surface area contributed by atoms with Gasteiger partial charge in [0.05, 0.1) is 13.2 Å². The molecule has 0 amide bonds. The quantitative estimate of drug-likeness (QED) is 0.214. The van der Waals surface area contributed by atoms with E-state index in [2.05, 4.69) is 19.1 Å². The van der Waals surface area contributed by atoms with Crippen molar-refractivity contribution in [2.24, 2.45) is 0 Å². The molecule has 0 aromatic rings. The fraction of sp³-hybridized carbons (Fsp3) is 0.917. The summed E-state index contributed by atoms with van der Waals surface area (Å²) in [5.41, 5.74) is 0. The molecule has 1 heterocycles. The highest BCUT2D eigenvalue weighted by molar-refractivity contribution is 4.88. The molecule has 0 unspecified atom stereocenters. The normalized spacial score (nSPS) is 23.2. The largest absolute Gasteiger partial charge is 0.394 e. The fourth-order valence-corrected chi connectivity index (χ4v) is 3.79. The van der Waals surface area contributed by atoms with Gasteiger partial charge in [-0.25, -0.2) is 0 Å². The van der Waals surface area contributed by atoms with Crippen LogP contribution in [0.25, 0.3) is 0 Å². The first-order chi connectivity index (χ1) is 14.2. The van der Waals surface area contributed by atoms with Crippen LogP contribution in [0, 0.1) is 0 Å². The second kappa shape index (κ2) is 18.3. The lowest BCUT2D eigenvalue weighted by molar-refractivity contribution is -0.101. The smallest absolute Gasteiger partial charge is 0.114 e. The van der Waals surface area contributed by atoms with E-state index in [0.717, 1.165) is 12.8 Å². The van der Waals surface area contributed by atoms with Crippen LogP contribution in [0.2, 0.25) is 0 Å². The maximum atomic E-state index is 9.83. The minimum absolute atomic E-state index is 0.0964. The zero-order chi connectivity index (χ0) is 21.2. The molecule has 1 saturated heterocycles. The van der Waals surface area contributed by atoms with Crippen molar-refractivity contribution in [3.8, 4) is 0 Å². The van der Waals surface area contributed by atoms with Crippen LogP contribution in [0.4, 0.5) is 0 Å². The lowest BCUT2D eigenvalue weighted by Crippen LogP contribution is -2.42. The van der Waals surface area contributed by atoms with Crippen molar-refractivity contribution in [1.82, 2.24) is 0 Å². The summed E-state index contributed by atoms with van der Waals surface area (Å²) in [6.45, 7) is 2.70. The van der Waals surface area contributed by atoms with E-state index in [4.69, 9.17) is 9.47 Å². The Labute approximate surface area is 178 Å². The van der Waals surface area contributed by atoms with Gasteiger partial charge in [0.15, 0.2) is 0 Å². The number of aliphatic hydroxyl groups is 3. The highest BCUT2D eigenvalue weighted by atomic mass is 16.6. The number of hydrogen-bond acceptors (Lipinski definition) is 5. The average Bonchev–Trinajstić information content (AvgIpc) is 3.06. The van der Waals surface area contributed by atoms with E-state index in [1.165, 1.54) is 77.0 Å². The number of unbranched alkanes of at least 4 members (excludes halogenated alkanes) is 12. The van der Waals surface area contributed by atoms with Crippen LogP contribution in [0.3, 0.4) is 0 Å². The van der Waals surface area contributed by atoms with E-state index >= 15 is 0 Å². The van der Waals surface area contributed by atoms with Gasteiger partial charge in [-0.05, 0) is 32.1 Å². The van der Waals surface area contributed by atoms with Gasteiger partial charge in [0, 0.05) is 6.61 Å². The highest BCUT2D eigenvalue weighted by Gasteiger charge is 2.40. The van der Waals surface area contributed by atoms with E-state index in [1.807, 2.05) is 0 Å². The summed E-state index contributed by atoms with van der Waals surface area (Å²) in [6, 6.07) is 0. The molecule has 1 rings (SSSR count). The molecule has 1 aliphatic rings. The third-order valence-corrected chi connectivity index (χ3v) is 5.72. The predicted octanol–water partition coefficient (Wildman–Crippen LogP) is 4.52. The van der Waals surface area contributed by atoms with Crippen LogP contribution in [-0.4, -0.2) is 59.6 Å². The van der Waals surface area contributed by atoms with E-state index in [9.17, 15) is 15.3 Å². The number of aliphatic hydroxyl groups excluding tert-OH is 3. The molecule has 0 radical (unpaired) electrons. The molecule has 5 heteroatoms. The monoisotopic (exact) mass is 414 g/mol. The van der Waals surface area contributed by atoms with E-state index in [0.29, 0.717) is 6.61 Å². The third kappa shape index (κ3) is 12.7. The van der Waals surface area contributed by atoms with Crippen LogP contribution in [0.15, 0.2) is 12.2 Å². The molecule has 0 aliphatic carbocycles. The first-order valence-electron chi connectivity index (χ1n) is 12.1. The van der Waals surface area contributed by atoms with Crippen molar-refractivity contribution >= 4 is 0 Å². The third-order valence-electron chi connectivity index (χ3n) is 5.72. The second-order valence-electron chi connectivity index (χ2n) is 8.39. The van der Waals surface area contributed by atoms with Crippen molar-refractivity contribution in [3.05, 3.63) is 12.2 Å². The Morgan fingerprint density at radius 1 is 0.862 bits per heavy atom. The molecule has 5 nitrogen and oxygen atoms in total. The Bertz CT molecular complexity index is 387. The molecule has 0 bridgehead atoms. The summed E-state index contributed by atoms with van der Waals surface area (Å²) in [7, 11) is 0. The van der Waals surface area contributed by atoms with Gasteiger partial charge >= 0.3 is 0 Å². The minimum Gasteiger partial charge on any atom is -0.394 e. The second-order valence-corrected chi connectivity index (χ2v) is 8.39. The Hall–Kier alpha value is -0.460. The molecule has 1 aliphatic heterocycles.